The van der Waals surface area contributed by atoms with Crippen molar-refractivity contribution in [3.63, 3.8) is 0 Å². The van der Waals surface area contributed by atoms with Gasteiger partial charge in [-0.3, -0.25) is 4.79 Å². The van der Waals surface area contributed by atoms with E-state index < -0.39 is 5.82 Å². The number of hydrogen-bond acceptors (Lipinski definition) is 3. The third-order valence-electron chi connectivity index (χ3n) is 2.19. The molecule has 0 bridgehead atoms. The summed E-state index contributed by atoms with van der Waals surface area (Å²) in [4.78, 5) is 11.4. The smallest absolute Gasteiger partial charge is 0.257 e. The van der Waals surface area contributed by atoms with Gasteiger partial charge in [-0.25, -0.2) is 4.39 Å². The Morgan fingerprint density at radius 1 is 1.42 bits per heavy atom. The Morgan fingerprint density at radius 3 is 2.79 bits per heavy atom. The van der Waals surface area contributed by atoms with Crippen LogP contribution >= 0.6 is 24.0 Å². The van der Waals surface area contributed by atoms with Gasteiger partial charge in [0, 0.05) is 12.6 Å². The van der Waals surface area contributed by atoms with Gasteiger partial charge in [0.2, 0.25) is 0 Å². The second-order valence-electron chi connectivity index (χ2n) is 3.67. The van der Waals surface area contributed by atoms with E-state index in [0.29, 0.717) is 12.3 Å². The van der Waals surface area contributed by atoms with Crippen molar-refractivity contribution in [2.45, 2.75) is 6.42 Å². The Kier molecular flexibility index (Phi) is 9.30. The Balaban J connectivity index is 0.00000324. The summed E-state index contributed by atoms with van der Waals surface area (Å²) in [5.41, 5.74) is 0. The van der Waals surface area contributed by atoms with Gasteiger partial charge in [0.1, 0.15) is 11.6 Å². The zero-order valence-electron chi connectivity index (χ0n) is 10.5. The average Bonchev–Trinajstić information content (AvgIpc) is 2.36. The summed E-state index contributed by atoms with van der Waals surface area (Å²) in [7, 11) is 1.85. The van der Waals surface area contributed by atoms with E-state index in [2.05, 4.69) is 10.6 Å². The van der Waals surface area contributed by atoms with E-state index in [4.69, 9.17) is 16.3 Å². The second kappa shape index (κ2) is 9.83. The third kappa shape index (κ3) is 7.20. The number of rotatable bonds is 7. The molecule has 1 amide bonds. The van der Waals surface area contributed by atoms with Crippen molar-refractivity contribution in [1.29, 1.82) is 0 Å². The fourth-order valence-corrected chi connectivity index (χ4v) is 1.43. The lowest BCUT2D eigenvalue weighted by atomic mass is 10.3. The van der Waals surface area contributed by atoms with Crippen LogP contribution in [0.5, 0.6) is 5.75 Å². The molecule has 0 aliphatic rings. The normalized spacial score (nSPS) is 9.63. The largest absolute Gasteiger partial charge is 0.484 e. The van der Waals surface area contributed by atoms with Crippen LogP contribution in [0.1, 0.15) is 6.42 Å². The highest BCUT2D eigenvalue weighted by Gasteiger charge is 2.04. The molecule has 0 atom stereocenters. The van der Waals surface area contributed by atoms with Gasteiger partial charge in [0.15, 0.2) is 6.61 Å². The van der Waals surface area contributed by atoms with E-state index in [-0.39, 0.29) is 29.9 Å². The molecule has 19 heavy (non-hydrogen) atoms. The van der Waals surface area contributed by atoms with E-state index in [1.165, 1.54) is 18.2 Å². The molecule has 0 fully saturated rings. The molecular weight excluding hydrogens is 294 g/mol. The van der Waals surface area contributed by atoms with E-state index in [1.807, 2.05) is 7.05 Å². The lowest BCUT2D eigenvalue weighted by Crippen LogP contribution is -2.30. The van der Waals surface area contributed by atoms with E-state index >= 15 is 0 Å². The lowest BCUT2D eigenvalue weighted by molar-refractivity contribution is -0.123. The summed E-state index contributed by atoms with van der Waals surface area (Å²) in [6.07, 6.45) is 0.852. The van der Waals surface area contributed by atoms with Crippen LogP contribution in [0.4, 0.5) is 4.39 Å². The fraction of sp³-hybridized carbons (Fsp3) is 0.417. The molecule has 0 saturated heterocycles. The monoisotopic (exact) mass is 310 g/mol. The average molecular weight is 311 g/mol. The molecule has 2 N–H and O–H groups in total. The van der Waals surface area contributed by atoms with Gasteiger partial charge >= 0.3 is 0 Å². The lowest BCUT2D eigenvalue weighted by Gasteiger charge is -2.07. The van der Waals surface area contributed by atoms with Crippen LogP contribution in [-0.4, -0.2) is 32.7 Å². The highest BCUT2D eigenvalue weighted by molar-refractivity contribution is 6.30. The number of carbonyl (C=O) groups excluding carboxylic acids is 1. The molecular formula is C12H17Cl2FN2O2. The van der Waals surface area contributed by atoms with Crippen molar-refractivity contribution >= 4 is 29.9 Å². The van der Waals surface area contributed by atoms with Crippen molar-refractivity contribution in [2.75, 3.05) is 26.7 Å². The second-order valence-corrected chi connectivity index (χ2v) is 4.08. The van der Waals surface area contributed by atoms with Crippen molar-refractivity contribution < 1.29 is 13.9 Å². The number of carbonyl (C=O) groups is 1. The SMILES string of the molecule is CNCCCNC(=O)COc1ccc(F)c(Cl)c1.Cl. The quantitative estimate of drug-likeness (QED) is 0.757. The van der Waals surface area contributed by atoms with Crippen molar-refractivity contribution in [1.82, 2.24) is 10.6 Å². The first kappa shape index (κ1) is 18.0. The van der Waals surface area contributed by atoms with Gasteiger partial charge in [-0.05, 0) is 32.1 Å². The first-order valence-corrected chi connectivity index (χ1v) is 6.00. The zero-order valence-corrected chi connectivity index (χ0v) is 12.1. The van der Waals surface area contributed by atoms with Crippen molar-refractivity contribution in [3.05, 3.63) is 29.0 Å². The van der Waals surface area contributed by atoms with Crippen LogP contribution in [0, 0.1) is 5.82 Å². The molecule has 0 aliphatic heterocycles. The Hall–Kier alpha value is -1.04. The van der Waals surface area contributed by atoms with Crippen LogP contribution in [0.25, 0.3) is 0 Å². The standard InChI is InChI=1S/C12H16ClFN2O2.ClH/c1-15-5-2-6-16-12(17)8-18-9-3-4-11(14)10(13)7-9;/h3-4,7,15H,2,5-6,8H2,1H3,(H,16,17);1H. The maximum Gasteiger partial charge on any atom is 0.257 e. The molecule has 0 radical (unpaired) electrons. The van der Waals surface area contributed by atoms with E-state index in [9.17, 15) is 9.18 Å². The number of hydrogen-bond donors (Lipinski definition) is 2. The van der Waals surface area contributed by atoms with Gasteiger partial charge in [-0.2, -0.15) is 0 Å². The van der Waals surface area contributed by atoms with Gasteiger partial charge < -0.3 is 15.4 Å². The maximum absolute atomic E-state index is 12.9. The molecule has 4 nitrogen and oxygen atoms in total. The van der Waals surface area contributed by atoms with Crippen molar-refractivity contribution in [3.8, 4) is 5.75 Å². The predicted molar refractivity (Wildman–Crippen MR) is 75.7 cm³/mol. The minimum absolute atomic E-state index is 0. The molecule has 1 aromatic carbocycles. The first-order chi connectivity index (χ1) is 8.63. The molecule has 1 rings (SSSR count). The molecule has 0 spiro atoms. The minimum Gasteiger partial charge on any atom is -0.484 e. The third-order valence-corrected chi connectivity index (χ3v) is 2.48. The van der Waals surface area contributed by atoms with Crippen LogP contribution in [0.2, 0.25) is 5.02 Å². The van der Waals surface area contributed by atoms with E-state index in [1.54, 1.807) is 0 Å². The number of nitrogens with one attached hydrogen (secondary N) is 2. The van der Waals surface area contributed by atoms with E-state index in [0.717, 1.165) is 13.0 Å². The molecule has 7 heteroatoms. The summed E-state index contributed by atoms with van der Waals surface area (Å²) in [6, 6.07) is 3.96. The number of halogens is 3. The van der Waals surface area contributed by atoms with Gasteiger partial charge in [-0.15, -0.1) is 12.4 Å². The fourth-order valence-electron chi connectivity index (χ4n) is 1.26. The van der Waals surface area contributed by atoms with Gasteiger partial charge in [-0.1, -0.05) is 11.6 Å². The van der Waals surface area contributed by atoms with Gasteiger partial charge in [0.05, 0.1) is 5.02 Å². The van der Waals surface area contributed by atoms with Gasteiger partial charge in [0.25, 0.3) is 5.91 Å². The Morgan fingerprint density at radius 2 is 2.16 bits per heavy atom. The molecule has 0 aliphatic carbocycles. The molecule has 0 unspecified atom stereocenters. The summed E-state index contributed by atoms with van der Waals surface area (Å²) in [5, 5.41) is 5.65. The number of ether oxygens (including phenoxy) is 1. The number of amides is 1. The summed E-state index contributed by atoms with van der Waals surface area (Å²) in [5.74, 6) is -0.362. The molecule has 108 valence electrons. The van der Waals surface area contributed by atoms with Crippen molar-refractivity contribution in [2.24, 2.45) is 0 Å². The predicted octanol–water partition coefficient (Wildman–Crippen LogP) is 2.01. The highest BCUT2D eigenvalue weighted by Crippen LogP contribution is 2.20. The molecule has 0 heterocycles. The molecule has 1 aromatic rings. The minimum atomic E-state index is -0.513. The number of benzene rings is 1. The first-order valence-electron chi connectivity index (χ1n) is 5.62. The molecule has 0 aromatic heterocycles. The summed E-state index contributed by atoms with van der Waals surface area (Å²) < 4.78 is 18.0. The topological polar surface area (TPSA) is 50.4 Å². The molecule has 0 saturated carbocycles. The summed E-state index contributed by atoms with van der Waals surface area (Å²) in [6.45, 7) is 1.32. The van der Waals surface area contributed by atoms with Crippen LogP contribution in [0.3, 0.4) is 0 Å². The highest BCUT2D eigenvalue weighted by atomic mass is 35.5. The summed E-state index contributed by atoms with van der Waals surface area (Å²) >= 11 is 5.59. The Labute approximate surface area is 123 Å². The van der Waals surface area contributed by atoms with Crippen LogP contribution < -0.4 is 15.4 Å². The zero-order chi connectivity index (χ0) is 13.4. The van der Waals surface area contributed by atoms with Crippen LogP contribution in [-0.2, 0) is 4.79 Å². The Bertz CT molecular complexity index is 405. The van der Waals surface area contributed by atoms with Crippen LogP contribution in [0.15, 0.2) is 18.2 Å². The maximum atomic E-state index is 12.9.